The largest absolute Gasteiger partial charge is 0.462 e. The Morgan fingerprint density at radius 2 is 2.09 bits per heavy atom. The number of rotatable bonds is 5. The minimum Gasteiger partial charge on any atom is -0.462 e. The summed E-state index contributed by atoms with van der Waals surface area (Å²) in [5.41, 5.74) is 0.357. The van der Waals surface area contributed by atoms with Crippen LogP contribution in [-0.2, 0) is 9.53 Å². The fourth-order valence-corrected chi connectivity index (χ4v) is 2.43. The predicted octanol–water partition coefficient (Wildman–Crippen LogP) is 3.75. The highest BCUT2D eigenvalue weighted by Crippen LogP contribution is 2.25. The van der Waals surface area contributed by atoms with Gasteiger partial charge >= 0.3 is 5.97 Å². The second kappa shape index (κ2) is 7.54. The number of ether oxygens (including phenoxy) is 1. The van der Waals surface area contributed by atoms with Gasteiger partial charge in [-0.05, 0) is 36.8 Å². The van der Waals surface area contributed by atoms with Gasteiger partial charge in [0.25, 0.3) is 5.69 Å². The van der Waals surface area contributed by atoms with E-state index in [9.17, 15) is 14.9 Å². The van der Waals surface area contributed by atoms with E-state index in [1.165, 1.54) is 18.2 Å². The van der Waals surface area contributed by atoms with E-state index < -0.39 is 10.9 Å². The van der Waals surface area contributed by atoms with Crippen molar-refractivity contribution < 1.29 is 14.5 Å². The van der Waals surface area contributed by atoms with Gasteiger partial charge in [0.1, 0.15) is 0 Å². The molecule has 5 nitrogen and oxygen atoms in total. The molecule has 0 aliphatic heterocycles. The van der Waals surface area contributed by atoms with E-state index >= 15 is 0 Å². The first-order valence-corrected chi connectivity index (χ1v) is 7.31. The maximum atomic E-state index is 11.7. The van der Waals surface area contributed by atoms with Crippen LogP contribution < -0.4 is 0 Å². The van der Waals surface area contributed by atoms with Gasteiger partial charge in [-0.2, -0.15) is 0 Å². The second-order valence-electron chi connectivity index (χ2n) is 5.46. The Morgan fingerprint density at radius 3 is 2.82 bits per heavy atom. The normalized spacial score (nSPS) is 21.0. The van der Waals surface area contributed by atoms with Crippen molar-refractivity contribution in [2.24, 2.45) is 11.8 Å². The van der Waals surface area contributed by atoms with Crippen molar-refractivity contribution in [1.82, 2.24) is 0 Å². The predicted molar refractivity (Wildman–Crippen MR) is 84.1 cm³/mol. The van der Waals surface area contributed by atoms with E-state index in [2.05, 4.69) is 19.1 Å². The van der Waals surface area contributed by atoms with Crippen LogP contribution in [0.2, 0.25) is 0 Å². The fraction of sp³-hybridized carbons (Fsp3) is 0.353. The Morgan fingerprint density at radius 1 is 1.36 bits per heavy atom. The van der Waals surface area contributed by atoms with Crippen LogP contribution in [0.3, 0.4) is 0 Å². The maximum absolute atomic E-state index is 11.7. The number of para-hydroxylation sites is 1. The van der Waals surface area contributed by atoms with Crippen molar-refractivity contribution in [2.75, 3.05) is 6.61 Å². The lowest BCUT2D eigenvalue weighted by Crippen LogP contribution is -2.21. The summed E-state index contributed by atoms with van der Waals surface area (Å²) in [6.07, 6.45) is 8.85. The molecule has 0 fully saturated rings. The number of hydrogen-bond acceptors (Lipinski definition) is 4. The standard InChI is InChI=1S/C17H19NO4/c1-13-6-2-3-8-15(13)12-22-17(19)11-10-14-7-4-5-9-16(14)18(20)21/h2-5,7,9-11,13,15H,6,8,12H2,1H3/b11-10+. The molecule has 1 aromatic rings. The van der Waals surface area contributed by atoms with E-state index in [1.54, 1.807) is 18.2 Å². The minimum atomic E-state index is -0.472. The van der Waals surface area contributed by atoms with Crippen molar-refractivity contribution in [3.63, 3.8) is 0 Å². The monoisotopic (exact) mass is 301 g/mol. The van der Waals surface area contributed by atoms with Gasteiger partial charge < -0.3 is 4.74 Å². The lowest BCUT2D eigenvalue weighted by molar-refractivity contribution is -0.385. The molecule has 2 rings (SSSR count). The minimum absolute atomic E-state index is 0.0300. The van der Waals surface area contributed by atoms with Gasteiger partial charge in [-0.3, -0.25) is 10.1 Å². The summed E-state index contributed by atoms with van der Waals surface area (Å²) in [5, 5.41) is 10.9. The van der Waals surface area contributed by atoms with Crippen LogP contribution in [0.25, 0.3) is 6.08 Å². The molecule has 0 amide bonds. The second-order valence-corrected chi connectivity index (χ2v) is 5.46. The molecule has 0 spiro atoms. The zero-order valence-electron chi connectivity index (χ0n) is 12.5. The summed E-state index contributed by atoms with van der Waals surface area (Å²) >= 11 is 0. The molecule has 0 saturated heterocycles. The van der Waals surface area contributed by atoms with E-state index in [4.69, 9.17) is 4.74 Å². The van der Waals surface area contributed by atoms with Gasteiger partial charge in [0.05, 0.1) is 17.1 Å². The number of carbonyl (C=O) groups is 1. The Kier molecular flexibility index (Phi) is 5.47. The third-order valence-electron chi connectivity index (χ3n) is 3.89. The zero-order chi connectivity index (χ0) is 15.9. The quantitative estimate of drug-likeness (QED) is 0.273. The molecule has 22 heavy (non-hydrogen) atoms. The number of nitro groups is 1. The molecule has 0 heterocycles. The van der Waals surface area contributed by atoms with Crippen molar-refractivity contribution in [2.45, 2.75) is 19.8 Å². The molecule has 1 aliphatic carbocycles. The SMILES string of the molecule is CC1CC=CCC1COC(=O)/C=C/c1ccccc1[N+](=O)[O-]. The number of benzene rings is 1. The molecule has 2 unspecified atom stereocenters. The average molecular weight is 301 g/mol. The molecular weight excluding hydrogens is 282 g/mol. The molecule has 0 N–H and O–H groups in total. The van der Waals surface area contributed by atoms with Crippen molar-refractivity contribution in [3.8, 4) is 0 Å². The topological polar surface area (TPSA) is 69.4 Å². The molecular formula is C17H19NO4. The number of carbonyl (C=O) groups excluding carboxylic acids is 1. The van der Waals surface area contributed by atoms with Crippen LogP contribution in [-0.4, -0.2) is 17.5 Å². The smallest absolute Gasteiger partial charge is 0.330 e. The first kappa shape index (κ1) is 15.9. The van der Waals surface area contributed by atoms with Crippen LogP contribution in [0, 0.1) is 22.0 Å². The highest BCUT2D eigenvalue weighted by molar-refractivity contribution is 5.87. The van der Waals surface area contributed by atoms with Crippen molar-refractivity contribution in [1.29, 1.82) is 0 Å². The highest BCUT2D eigenvalue weighted by Gasteiger charge is 2.19. The summed E-state index contributed by atoms with van der Waals surface area (Å²) in [5.74, 6) is 0.366. The van der Waals surface area contributed by atoms with Crippen LogP contribution in [0.4, 0.5) is 5.69 Å². The van der Waals surface area contributed by atoms with Gasteiger partial charge in [0.2, 0.25) is 0 Å². The number of nitrogens with zero attached hydrogens (tertiary/aromatic N) is 1. The Bertz CT molecular complexity index is 606. The van der Waals surface area contributed by atoms with Gasteiger partial charge in [-0.15, -0.1) is 0 Å². The van der Waals surface area contributed by atoms with E-state index in [0.717, 1.165) is 12.8 Å². The summed E-state index contributed by atoms with van der Waals surface area (Å²) in [7, 11) is 0. The lowest BCUT2D eigenvalue weighted by atomic mass is 9.85. The van der Waals surface area contributed by atoms with Crippen LogP contribution in [0.15, 0.2) is 42.5 Å². The Hall–Kier alpha value is -2.43. The molecule has 5 heteroatoms. The van der Waals surface area contributed by atoms with Gasteiger partial charge in [-0.25, -0.2) is 4.79 Å². The molecule has 0 saturated carbocycles. The Labute approximate surface area is 129 Å². The van der Waals surface area contributed by atoms with Gasteiger partial charge in [0.15, 0.2) is 0 Å². The van der Waals surface area contributed by atoms with E-state index in [0.29, 0.717) is 24.0 Å². The summed E-state index contributed by atoms with van der Waals surface area (Å²) in [4.78, 5) is 22.2. The molecule has 1 aromatic carbocycles. The lowest BCUT2D eigenvalue weighted by Gasteiger charge is -2.24. The molecule has 0 aromatic heterocycles. The number of hydrogen-bond donors (Lipinski definition) is 0. The summed E-state index contributed by atoms with van der Waals surface area (Å²) in [6, 6.07) is 6.27. The van der Waals surface area contributed by atoms with Gasteiger partial charge in [0, 0.05) is 12.1 Å². The average Bonchev–Trinajstić information content (AvgIpc) is 2.52. The first-order chi connectivity index (χ1) is 10.6. The highest BCUT2D eigenvalue weighted by atomic mass is 16.6. The first-order valence-electron chi connectivity index (χ1n) is 7.31. The molecule has 2 atom stereocenters. The van der Waals surface area contributed by atoms with Crippen LogP contribution >= 0.6 is 0 Å². The molecule has 0 radical (unpaired) electrons. The molecule has 1 aliphatic rings. The molecule has 116 valence electrons. The summed E-state index contributed by atoms with van der Waals surface area (Å²) in [6.45, 7) is 2.52. The van der Waals surface area contributed by atoms with Crippen molar-refractivity contribution in [3.05, 3.63) is 58.2 Å². The number of allylic oxidation sites excluding steroid dienone is 2. The zero-order valence-corrected chi connectivity index (χ0v) is 12.5. The van der Waals surface area contributed by atoms with Crippen LogP contribution in [0.1, 0.15) is 25.3 Å². The maximum Gasteiger partial charge on any atom is 0.330 e. The Balaban J connectivity index is 1.92. The third kappa shape index (κ3) is 4.28. The van der Waals surface area contributed by atoms with Crippen molar-refractivity contribution >= 4 is 17.7 Å². The number of esters is 1. The van der Waals surface area contributed by atoms with E-state index in [-0.39, 0.29) is 5.69 Å². The number of nitro benzene ring substituents is 1. The van der Waals surface area contributed by atoms with Gasteiger partial charge in [-0.1, -0.05) is 31.2 Å². The van der Waals surface area contributed by atoms with Crippen LogP contribution in [0.5, 0.6) is 0 Å². The fourth-order valence-electron chi connectivity index (χ4n) is 2.43. The summed E-state index contributed by atoms with van der Waals surface area (Å²) < 4.78 is 5.24. The van der Waals surface area contributed by atoms with E-state index in [1.807, 2.05) is 0 Å². The third-order valence-corrected chi connectivity index (χ3v) is 3.89. The molecule has 0 bridgehead atoms.